The summed E-state index contributed by atoms with van der Waals surface area (Å²) in [4.78, 5) is 10.9. The van der Waals surface area contributed by atoms with Gasteiger partial charge in [0, 0.05) is 0 Å². The predicted octanol–water partition coefficient (Wildman–Crippen LogP) is 3.81. The number of carboxylic acids is 1. The second kappa shape index (κ2) is 5.67. The summed E-state index contributed by atoms with van der Waals surface area (Å²) in [7, 11) is 0. The molecule has 0 aliphatic heterocycles. The molecule has 0 atom stereocenters. The number of carbonyl (C=O) groups is 1. The second-order valence-electron chi connectivity index (χ2n) is 4.60. The van der Waals surface area contributed by atoms with Crippen molar-refractivity contribution in [2.75, 3.05) is 0 Å². The first-order valence-electron chi connectivity index (χ1n) is 6.43. The van der Waals surface area contributed by atoms with E-state index in [1.54, 1.807) is 0 Å². The van der Waals surface area contributed by atoms with Gasteiger partial charge in [-0.25, -0.2) is 0 Å². The van der Waals surface area contributed by atoms with Crippen LogP contribution in [-0.2, 0) is 17.6 Å². The minimum Gasteiger partial charge on any atom is -0.481 e. The van der Waals surface area contributed by atoms with Crippen LogP contribution in [0.5, 0.6) is 0 Å². The van der Waals surface area contributed by atoms with Gasteiger partial charge in [0.05, 0.1) is 6.42 Å². The number of rotatable bonds is 5. The zero-order chi connectivity index (χ0) is 13.0. The smallest absolute Gasteiger partial charge is 0.307 e. The molecule has 18 heavy (non-hydrogen) atoms. The molecule has 2 heteroatoms. The van der Waals surface area contributed by atoms with Gasteiger partial charge in [-0.05, 0) is 34.7 Å². The monoisotopic (exact) mass is 242 g/mol. The van der Waals surface area contributed by atoms with Crippen molar-refractivity contribution >= 4 is 16.7 Å². The third-order valence-electron chi connectivity index (χ3n) is 3.26. The zero-order valence-electron chi connectivity index (χ0n) is 10.6. The minimum atomic E-state index is -0.761. The van der Waals surface area contributed by atoms with E-state index in [0.29, 0.717) is 0 Å². The van der Waals surface area contributed by atoms with Crippen LogP contribution in [0.1, 0.15) is 30.9 Å². The van der Waals surface area contributed by atoms with E-state index in [2.05, 4.69) is 19.1 Å². The van der Waals surface area contributed by atoms with Crippen LogP contribution in [0.15, 0.2) is 36.4 Å². The second-order valence-corrected chi connectivity index (χ2v) is 4.60. The lowest BCUT2D eigenvalue weighted by molar-refractivity contribution is -0.136. The summed E-state index contributed by atoms with van der Waals surface area (Å²) in [6.07, 6.45) is 3.29. The Hall–Kier alpha value is -1.83. The summed E-state index contributed by atoms with van der Waals surface area (Å²) in [5, 5.41) is 11.4. The summed E-state index contributed by atoms with van der Waals surface area (Å²) in [6, 6.07) is 12.2. The van der Waals surface area contributed by atoms with Gasteiger partial charge in [0.25, 0.3) is 0 Å². The molecule has 2 aromatic rings. The number of aryl methyl sites for hydroxylation is 1. The standard InChI is InChI=1S/C16H18O2/c1-2-3-7-15-13(11-16(17)18)10-9-12-6-4-5-8-14(12)15/h4-6,8-10H,2-3,7,11H2,1H3,(H,17,18). The largest absolute Gasteiger partial charge is 0.481 e. The van der Waals surface area contributed by atoms with Crippen molar-refractivity contribution in [3.63, 3.8) is 0 Å². The molecule has 2 nitrogen and oxygen atoms in total. The lowest BCUT2D eigenvalue weighted by Gasteiger charge is -2.11. The fraction of sp³-hybridized carbons (Fsp3) is 0.312. The van der Waals surface area contributed by atoms with E-state index in [-0.39, 0.29) is 6.42 Å². The van der Waals surface area contributed by atoms with Crippen molar-refractivity contribution in [2.24, 2.45) is 0 Å². The molecule has 0 bridgehead atoms. The normalized spacial score (nSPS) is 10.7. The van der Waals surface area contributed by atoms with Crippen LogP contribution in [0.2, 0.25) is 0 Å². The van der Waals surface area contributed by atoms with Gasteiger partial charge in [0.2, 0.25) is 0 Å². The van der Waals surface area contributed by atoms with Crippen LogP contribution in [0.25, 0.3) is 10.8 Å². The summed E-state index contributed by atoms with van der Waals surface area (Å²) in [6.45, 7) is 2.15. The highest BCUT2D eigenvalue weighted by atomic mass is 16.4. The molecule has 1 N–H and O–H groups in total. The number of aliphatic carboxylic acids is 1. The maximum atomic E-state index is 10.9. The Morgan fingerprint density at radius 3 is 2.67 bits per heavy atom. The molecule has 0 heterocycles. The number of unbranched alkanes of at least 4 members (excludes halogenated alkanes) is 1. The van der Waals surface area contributed by atoms with Crippen LogP contribution < -0.4 is 0 Å². The van der Waals surface area contributed by atoms with Gasteiger partial charge in [0.15, 0.2) is 0 Å². The molecule has 2 rings (SSSR count). The maximum Gasteiger partial charge on any atom is 0.307 e. The first kappa shape index (κ1) is 12.6. The highest BCUT2D eigenvalue weighted by Crippen LogP contribution is 2.24. The summed E-state index contributed by atoms with van der Waals surface area (Å²) < 4.78 is 0. The highest BCUT2D eigenvalue weighted by molar-refractivity contribution is 5.88. The summed E-state index contributed by atoms with van der Waals surface area (Å²) in [5.74, 6) is -0.761. The van der Waals surface area contributed by atoms with Crippen LogP contribution in [0, 0.1) is 0 Å². The first-order chi connectivity index (χ1) is 8.72. The van der Waals surface area contributed by atoms with E-state index < -0.39 is 5.97 Å². The molecule has 0 saturated heterocycles. The van der Waals surface area contributed by atoms with Crippen LogP contribution >= 0.6 is 0 Å². The molecule has 0 saturated carbocycles. The molecule has 0 spiro atoms. The Labute approximate surface area is 107 Å². The zero-order valence-corrected chi connectivity index (χ0v) is 10.6. The van der Waals surface area contributed by atoms with Crippen molar-refractivity contribution in [1.29, 1.82) is 0 Å². The lowest BCUT2D eigenvalue weighted by Crippen LogP contribution is -2.04. The number of carboxylic acid groups (broad SMARTS) is 1. The Balaban J connectivity index is 2.51. The van der Waals surface area contributed by atoms with Crippen molar-refractivity contribution in [3.05, 3.63) is 47.5 Å². The number of hydrogen-bond acceptors (Lipinski definition) is 1. The topological polar surface area (TPSA) is 37.3 Å². The van der Waals surface area contributed by atoms with Crippen molar-refractivity contribution < 1.29 is 9.90 Å². The van der Waals surface area contributed by atoms with Gasteiger partial charge >= 0.3 is 5.97 Å². The van der Waals surface area contributed by atoms with Crippen molar-refractivity contribution in [2.45, 2.75) is 32.6 Å². The van der Waals surface area contributed by atoms with E-state index in [4.69, 9.17) is 5.11 Å². The summed E-state index contributed by atoms with van der Waals surface area (Å²) >= 11 is 0. The Morgan fingerprint density at radius 1 is 1.17 bits per heavy atom. The average Bonchev–Trinajstić information content (AvgIpc) is 2.37. The number of benzene rings is 2. The van der Waals surface area contributed by atoms with E-state index >= 15 is 0 Å². The van der Waals surface area contributed by atoms with Crippen LogP contribution in [-0.4, -0.2) is 11.1 Å². The Kier molecular flexibility index (Phi) is 3.98. The van der Waals surface area contributed by atoms with Gasteiger partial charge in [0.1, 0.15) is 0 Å². The van der Waals surface area contributed by atoms with Crippen molar-refractivity contribution in [3.8, 4) is 0 Å². The molecule has 0 radical (unpaired) electrons. The molecule has 94 valence electrons. The lowest BCUT2D eigenvalue weighted by atomic mass is 9.93. The van der Waals surface area contributed by atoms with Crippen LogP contribution in [0.4, 0.5) is 0 Å². The number of hydrogen-bond donors (Lipinski definition) is 1. The fourth-order valence-corrected chi connectivity index (χ4v) is 2.36. The maximum absolute atomic E-state index is 10.9. The molecule has 0 aromatic heterocycles. The van der Waals surface area contributed by atoms with Gasteiger partial charge in [-0.3, -0.25) is 4.79 Å². The molecular weight excluding hydrogens is 224 g/mol. The minimum absolute atomic E-state index is 0.115. The van der Waals surface area contributed by atoms with Gasteiger partial charge in [-0.15, -0.1) is 0 Å². The Morgan fingerprint density at radius 2 is 1.94 bits per heavy atom. The predicted molar refractivity (Wildman–Crippen MR) is 73.9 cm³/mol. The molecule has 0 amide bonds. The molecule has 2 aromatic carbocycles. The van der Waals surface area contributed by atoms with E-state index in [9.17, 15) is 4.79 Å². The molecule has 0 fully saturated rings. The van der Waals surface area contributed by atoms with Gasteiger partial charge in [-0.1, -0.05) is 49.7 Å². The fourth-order valence-electron chi connectivity index (χ4n) is 2.36. The number of fused-ring (bicyclic) bond motifs is 1. The van der Waals surface area contributed by atoms with Crippen LogP contribution in [0.3, 0.4) is 0 Å². The molecule has 0 aliphatic carbocycles. The van der Waals surface area contributed by atoms with Gasteiger partial charge in [-0.2, -0.15) is 0 Å². The van der Waals surface area contributed by atoms with Crippen molar-refractivity contribution in [1.82, 2.24) is 0 Å². The van der Waals surface area contributed by atoms with E-state index in [0.717, 1.165) is 24.8 Å². The third-order valence-corrected chi connectivity index (χ3v) is 3.26. The van der Waals surface area contributed by atoms with E-state index in [1.165, 1.54) is 16.3 Å². The summed E-state index contributed by atoms with van der Waals surface area (Å²) in [5.41, 5.74) is 2.16. The molecule has 0 aliphatic rings. The quantitative estimate of drug-likeness (QED) is 0.865. The van der Waals surface area contributed by atoms with E-state index in [1.807, 2.05) is 24.3 Å². The average molecular weight is 242 g/mol. The Bertz CT molecular complexity index is 558. The third kappa shape index (κ3) is 2.70. The first-order valence-corrected chi connectivity index (χ1v) is 6.43. The molecular formula is C16H18O2. The van der Waals surface area contributed by atoms with Gasteiger partial charge < -0.3 is 5.11 Å². The SMILES string of the molecule is CCCCc1c(CC(=O)O)ccc2ccccc12. The molecule has 0 unspecified atom stereocenters. The highest BCUT2D eigenvalue weighted by Gasteiger charge is 2.10.